The van der Waals surface area contributed by atoms with Crippen LogP contribution in [0.4, 0.5) is 0 Å². The lowest BCUT2D eigenvalue weighted by molar-refractivity contribution is 0.0209. The predicted molar refractivity (Wildman–Crippen MR) is 129 cm³/mol. The molecule has 0 amide bonds. The van der Waals surface area contributed by atoms with Gasteiger partial charge < -0.3 is 4.74 Å². The van der Waals surface area contributed by atoms with E-state index in [0.717, 1.165) is 41.9 Å². The smallest absolute Gasteiger partial charge is 0.206 e. The van der Waals surface area contributed by atoms with E-state index in [9.17, 15) is 8.42 Å². The van der Waals surface area contributed by atoms with E-state index >= 15 is 0 Å². The lowest BCUT2D eigenvalue weighted by atomic mass is 10.2. The topological polar surface area (TPSA) is 69.4 Å². The third-order valence-corrected chi connectivity index (χ3v) is 8.10. The molecule has 0 radical (unpaired) electrons. The summed E-state index contributed by atoms with van der Waals surface area (Å²) in [7, 11) is -3.59. The molecule has 7 nitrogen and oxygen atoms in total. The molecule has 4 rings (SSSR count). The molecule has 0 unspecified atom stereocenters. The number of morpholine rings is 1. The third kappa shape index (κ3) is 4.89. The summed E-state index contributed by atoms with van der Waals surface area (Å²) in [6.07, 6.45) is 0.917. The first-order valence-electron chi connectivity index (χ1n) is 10.5. The van der Waals surface area contributed by atoms with Crippen LogP contribution in [0.15, 0.2) is 62.8 Å². The van der Waals surface area contributed by atoms with Crippen LogP contribution in [0.1, 0.15) is 13.3 Å². The first kappa shape index (κ1) is 23.3. The van der Waals surface area contributed by atoms with Crippen molar-refractivity contribution in [2.75, 3.05) is 26.3 Å². The van der Waals surface area contributed by atoms with Crippen molar-refractivity contribution < 1.29 is 13.2 Å². The van der Waals surface area contributed by atoms with E-state index < -0.39 is 9.84 Å². The first-order chi connectivity index (χ1) is 15.4. The van der Waals surface area contributed by atoms with Crippen LogP contribution in [-0.4, -0.2) is 54.0 Å². The second kappa shape index (κ2) is 9.96. The van der Waals surface area contributed by atoms with E-state index in [1.54, 1.807) is 48.5 Å². The molecule has 1 aliphatic rings. The van der Waals surface area contributed by atoms with Crippen molar-refractivity contribution in [2.45, 2.75) is 36.3 Å². The van der Waals surface area contributed by atoms with Crippen LogP contribution >= 0.6 is 28.1 Å². The maximum absolute atomic E-state index is 13.0. The van der Waals surface area contributed by atoms with Crippen LogP contribution < -0.4 is 0 Å². The van der Waals surface area contributed by atoms with E-state index in [2.05, 4.69) is 27.8 Å². The summed E-state index contributed by atoms with van der Waals surface area (Å²) in [6.45, 7) is 6.58. The molecule has 1 fully saturated rings. The molecule has 2 aromatic carbocycles. The average Bonchev–Trinajstić information content (AvgIpc) is 3.10. The van der Waals surface area contributed by atoms with E-state index in [1.165, 1.54) is 0 Å². The SMILES string of the molecule is CCCn1c(-c2ccc(S(=O)(=O)c3ccc(Br)cc3)cc2)nn(CN2CCOCC2)c1=S. The Morgan fingerprint density at radius 1 is 1.03 bits per heavy atom. The zero-order valence-electron chi connectivity index (χ0n) is 17.8. The van der Waals surface area contributed by atoms with E-state index in [1.807, 2.05) is 9.25 Å². The lowest BCUT2D eigenvalue weighted by Crippen LogP contribution is -2.37. The highest BCUT2D eigenvalue weighted by molar-refractivity contribution is 9.10. The third-order valence-electron chi connectivity index (χ3n) is 5.35. The Labute approximate surface area is 201 Å². The summed E-state index contributed by atoms with van der Waals surface area (Å²) < 4.78 is 36.7. The van der Waals surface area contributed by atoms with Crippen LogP contribution in [0.25, 0.3) is 11.4 Å². The van der Waals surface area contributed by atoms with Crippen LogP contribution in [0.3, 0.4) is 0 Å². The molecule has 10 heteroatoms. The Balaban J connectivity index is 1.65. The van der Waals surface area contributed by atoms with Crippen molar-refractivity contribution in [1.82, 2.24) is 19.2 Å². The van der Waals surface area contributed by atoms with Gasteiger partial charge in [-0.3, -0.25) is 9.47 Å². The molecule has 1 aliphatic heterocycles. The Morgan fingerprint density at radius 2 is 1.62 bits per heavy atom. The molecule has 1 aromatic heterocycles. The van der Waals surface area contributed by atoms with Gasteiger partial charge in [0.1, 0.15) is 0 Å². The van der Waals surface area contributed by atoms with Crippen molar-refractivity contribution >= 4 is 38.0 Å². The minimum absolute atomic E-state index is 0.247. The number of benzene rings is 2. The fourth-order valence-electron chi connectivity index (χ4n) is 3.64. The van der Waals surface area contributed by atoms with Crippen LogP contribution in [0.2, 0.25) is 0 Å². The maximum Gasteiger partial charge on any atom is 0.206 e. The highest BCUT2D eigenvalue weighted by atomic mass is 79.9. The van der Waals surface area contributed by atoms with Crippen LogP contribution in [0.5, 0.6) is 0 Å². The second-order valence-corrected chi connectivity index (χ2v) is 10.8. The highest BCUT2D eigenvalue weighted by Gasteiger charge is 2.20. The molecule has 170 valence electrons. The molecule has 0 atom stereocenters. The number of nitrogens with zero attached hydrogens (tertiary/aromatic N) is 4. The number of hydrogen-bond acceptors (Lipinski definition) is 6. The number of ether oxygens (including phenoxy) is 1. The van der Waals surface area contributed by atoms with Crippen molar-refractivity contribution in [3.05, 3.63) is 57.8 Å². The van der Waals surface area contributed by atoms with Gasteiger partial charge in [0, 0.05) is 29.7 Å². The van der Waals surface area contributed by atoms with Gasteiger partial charge in [-0.25, -0.2) is 13.1 Å². The van der Waals surface area contributed by atoms with Gasteiger partial charge in [0.2, 0.25) is 9.84 Å². The Bertz CT molecular complexity index is 1230. The predicted octanol–water partition coefficient (Wildman–Crippen LogP) is 4.38. The molecule has 0 bridgehead atoms. The largest absolute Gasteiger partial charge is 0.379 e. The van der Waals surface area contributed by atoms with Gasteiger partial charge in [-0.1, -0.05) is 22.9 Å². The van der Waals surface area contributed by atoms with Gasteiger partial charge in [0.05, 0.1) is 29.7 Å². The minimum atomic E-state index is -3.59. The van der Waals surface area contributed by atoms with Crippen LogP contribution in [0, 0.1) is 4.77 Å². The fraction of sp³-hybridized carbons (Fsp3) is 0.364. The van der Waals surface area contributed by atoms with Gasteiger partial charge in [-0.15, -0.1) is 0 Å². The highest BCUT2D eigenvalue weighted by Crippen LogP contribution is 2.26. The van der Waals surface area contributed by atoms with E-state index in [0.29, 0.717) is 24.7 Å². The number of hydrogen-bond donors (Lipinski definition) is 0. The summed E-state index contributed by atoms with van der Waals surface area (Å²) in [5.74, 6) is 0.748. The van der Waals surface area contributed by atoms with Crippen molar-refractivity contribution in [3.63, 3.8) is 0 Å². The Kier molecular flexibility index (Phi) is 7.26. The Hall–Kier alpha value is -1.85. The summed E-state index contributed by atoms with van der Waals surface area (Å²) in [6, 6.07) is 13.5. The zero-order valence-corrected chi connectivity index (χ0v) is 21.0. The molecule has 0 spiro atoms. The quantitative estimate of drug-likeness (QED) is 0.417. The van der Waals surface area contributed by atoms with Gasteiger partial charge in [0.25, 0.3) is 0 Å². The summed E-state index contributed by atoms with van der Waals surface area (Å²) in [5.41, 5.74) is 0.833. The molecular weight excluding hydrogens is 512 g/mol. The van der Waals surface area contributed by atoms with Crippen LogP contribution in [-0.2, 0) is 27.8 Å². The summed E-state index contributed by atoms with van der Waals surface area (Å²) >= 11 is 9.05. The average molecular weight is 538 g/mol. The first-order valence-corrected chi connectivity index (χ1v) is 13.2. The van der Waals surface area contributed by atoms with Gasteiger partial charge in [-0.05, 0) is 67.2 Å². The van der Waals surface area contributed by atoms with Gasteiger partial charge in [0.15, 0.2) is 10.6 Å². The van der Waals surface area contributed by atoms with E-state index in [4.69, 9.17) is 22.1 Å². The number of sulfone groups is 1. The van der Waals surface area contributed by atoms with E-state index in [-0.39, 0.29) is 9.79 Å². The molecule has 1 saturated heterocycles. The van der Waals surface area contributed by atoms with Gasteiger partial charge >= 0.3 is 0 Å². The molecular formula is C22H25BrN4O3S2. The zero-order chi connectivity index (χ0) is 22.7. The Morgan fingerprint density at radius 3 is 2.22 bits per heavy atom. The normalized spacial score (nSPS) is 15.2. The van der Waals surface area contributed by atoms with Gasteiger partial charge in [-0.2, -0.15) is 5.10 Å². The summed E-state index contributed by atoms with van der Waals surface area (Å²) in [5, 5.41) is 4.79. The number of aromatic nitrogens is 3. The maximum atomic E-state index is 13.0. The molecule has 32 heavy (non-hydrogen) atoms. The standard InChI is InChI=1S/C22H25BrN4O3S2/c1-2-11-26-21(24-27(22(26)31)16-25-12-14-30-15-13-25)17-3-7-19(8-4-17)32(28,29)20-9-5-18(23)6-10-20/h3-10H,2,11-16H2,1H3. The molecule has 0 N–H and O–H groups in total. The van der Waals surface area contributed by atoms with Crippen molar-refractivity contribution in [2.24, 2.45) is 0 Å². The van der Waals surface area contributed by atoms with Crippen molar-refractivity contribution in [3.8, 4) is 11.4 Å². The number of halogens is 1. The molecule has 0 saturated carbocycles. The molecule has 3 aromatic rings. The molecule has 2 heterocycles. The van der Waals surface area contributed by atoms with Crippen molar-refractivity contribution in [1.29, 1.82) is 0 Å². The second-order valence-electron chi connectivity index (χ2n) is 7.61. The fourth-order valence-corrected chi connectivity index (χ4v) is 5.44. The monoisotopic (exact) mass is 536 g/mol. The molecule has 0 aliphatic carbocycles. The lowest BCUT2D eigenvalue weighted by Gasteiger charge is -2.26. The minimum Gasteiger partial charge on any atom is -0.379 e. The number of rotatable bonds is 7. The summed E-state index contributed by atoms with van der Waals surface area (Å²) in [4.78, 5) is 2.77.